The molecule has 0 aliphatic heterocycles. The highest BCUT2D eigenvalue weighted by atomic mass is 16.3. The third kappa shape index (κ3) is 5.79. The average Bonchev–Trinajstić information content (AvgIpc) is 3.20. The van der Waals surface area contributed by atoms with Crippen LogP contribution in [0.4, 0.5) is 0 Å². The summed E-state index contributed by atoms with van der Waals surface area (Å²) in [5, 5.41) is 16.0. The van der Waals surface area contributed by atoms with Crippen LogP contribution in [0, 0.1) is 0 Å². The first-order valence-corrected chi connectivity index (χ1v) is 17.0. The van der Waals surface area contributed by atoms with E-state index in [1.807, 2.05) is 42.5 Å². The maximum atomic E-state index is 11.4. The van der Waals surface area contributed by atoms with Crippen molar-refractivity contribution in [2.75, 3.05) is 0 Å². The lowest BCUT2D eigenvalue weighted by atomic mass is 9.94. The Morgan fingerprint density at radius 3 is 1.65 bits per heavy atom. The average molecular weight is 654 g/mol. The van der Waals surface area contributed by atoms with Crippen LogP contribution in [0.25, 0.3) is 89.1 Å². The van der Waals surface area contributed by atoms with Crippen LogP contribution in [0.2, 0.25) is 0 Å². The van der Waals surface area contributed by atoms with E-state index in [9.17, 15) is 5.11 Å². The Bertz CT molecular complexity index is 2680. The quantitative estimate of drug-likeness (QED) is 0.194. The molecule has 0 aliphatic carbocycles. The maximum Gasteiger partial charge on any atom is 0.164 e. The van der Waals surface area contributed by atoms with Gasteiger partial charge in [-0.05, 0) is 61.5 Å². The van der Waals surface area contributed by atoms with Gasteiger partial charge in [0.15, 0.2) is 17.5 Å². The molecule has 0 spiro atoms. The number of benzene rings is 8. The molecule has 0 unspecified atom stereocenters. The van der Waals surface area contributed by atoms with E-state index in [2.05, 4.69) is 133 Å². The molecular formula is C47H31N3O. The number of nitrogens with zero attached hydrogens (tertiary/aromatic N) is 3. The van der Waals surface area contributed by atoms with Crippen LogP contribution < -0.4 is 0 Å². The summed E-state index contributed by atoms with van der Waals surface area (Å²) >= 11 is 0. The zero-order chi connectivity index (χ0) is 34.1. The van der Waals surface area contributed by atoms with Gasteiger partial charge in [0.25, 0.3) is 0 Å². The number of hydrogen-bond donors (Lipinski definition) is 1. The molecular weight excluding hydrogens is 623 g/mol. The smallest absolute Gasteiger partial charge is 0.164 e. The zero-order valence-corrected chi connectivity index (χ0v) is 27.6. The lowest BCUT2D eigenvalue weighted by Crippen LogP contribution is -2.01. The van der Waals surface area contributed by atoms with Crippen molar-refractivity contribution in [2.24, 2.45) is 0 Å². The minimum Gasteiger partial charge on any atom is -0.507 e. The molecule has 1 aromatic heterocycles. The van der Waals surface area contributed by atoms with Gasteiger partial charge in [-0.3, -0.25) is 0 Å². The molecule has 51 heavy (non-hydrogen) atoms. The number of phenolic OH excluding ortho intramolecular Hbond substituents is 1. The van der Waals surface area contributed by atoms with Crippen molar-refractivity contribution in [3.05, 3.63) is 182 Å². The predicted molar refractivity (Wildman–Crippen MR) is 209 cm³/mol. The van der Waals surface area contributed by atoms with Crippen molar-refractivity contribution >= 4 is 21.5 Å². The highest BCUT2D eigenvalue weighted by Gasteiger charge is 2.19. The molecule has 1 heterocycles. The normalized spacial score (nSPS) is 11.2. The van der Waals surface area contributed by atoms with Gasteiger partial charge in [-0.1, -0.05) is 170 Å². The third-order valence-corrected chi connectivity index (χ3v) is 9.45. The lowest BCUT2D eigenvalue weighted by Gasteiger charge is -2.14. The second kappa shape index (κ2) is 12.8. The van der Waals surface area contributed by atoms with Crippen LogP contribution >= 0.6 is 0 Å². The summed E-state index contributed by atoms with van der Waals surface area (Å²) in [6.45, 7) is 0. The number of fused-ring (bicyclic) bond motifs is 2. The van der Waals surface area contributed by atoms with Gasteiger partial charge >= 0.3 is 0 Å². The van der Waals surface area contributed by atoms with Crippen molar-refractivity contribution in [3.63, 3.8) is 0 Å². The molecule has 1 N–H and O–H groups in total. The fourth-order valence-corrected chi connectivity index (χ4v) is 6.85. The molecule has 240 valence electrons. The van der Waals surface area contributed by atoms with Crippen molar-refractivity contribution in [1.82, 2.24) is 15.0 Å². The van der Waals surface area contributed by atoms with Gasteiger partial charge in [0.2, 0.25) is 0 Å². The number of aromatic nitrogens is 3. The fraction of sp³-hybridized carbons (Fsp3) is 0. The summed E-state index contributed by atoms with van der Waals surface area (Å²) in [5.41, 5.74) is 8.56. The van der Waals surface area contributed by atoms with Crippen LogP contribution in [-0.4, -0.2) is 20.1 Å². The first-order chi connectivity index (χ1) is 25.2. The zero-order valence-electron chi connectivity index (χ0n) is 27.6. The number of aromatic hydroxyl groups is 1. The van der Waals surface area contributed by atoms with Crippen LogP contribution in [-0.2, 0) is 0 Å². The van der Waals surface area contributed by atoms with Gasteiger partial charge in [-0.2, -0.15) is 0 Å². The molecule has 0 bridgehead atoms. The summed E-state index contributed by atoms with van der Waals surface area (Å²) in [5.74, 6) is 1.77. The van der Waals surface area contributed by atoms with E-state index >= 15 is 0 Å². The molecule has 0 amide bonds. The summed E-state index contributed by atoms with van der Waals surface area (Å²) in [6.07, 6.45) is 0. The second-order valence-corrected chi connectivity index (χ2v) is 12.6. The van der Waals surface area contributed by atoms with E-state index in [0.717, 1.165) is 55.3 Å². The summed E-state index contributed by atoms with van der Waals surface area (Å²) in [7, 11) is 0. The third-order valence-electron chi connectivity index (χ3n) is 9.45. The summed E-state index contributed by atoms with van der Waals surface area (Å²) < 4.78 is 0. The molecule has 9 aromatic rings. The van der Waals surface area contributed by atoms with E-state index in [1.54, 1.807) is 6.07 Å². The van der Waals surface area contributed by atoms with E-state index in [-0.39, 0.29) is 5.75 Å². The highest BCUT2D eigenvalue weighted by Crippen LogP contribution is 2.40. The predicted octanol–water partition coefficient (Wildman–Crippen LogP) is 11.9. The molecule has 4 nitrogen and oxygen atoms in total. The Kier molecular flexibility index (Phi) is 7.60. The first kappa shape index (κ1) is 30.2. The second-order valence-electron chi connectivity index (χ2n) is 12.6. The molecule has 8 aromatic carbocycles. The van der Waals surface area contributed by atoms with Crippen molar-refractivity contribution in [3.8, 4) is 73.3 Å². The number of rotatable bonds is 6. The van der Waals surface area contributed by atoms with Crippen molar-refractivity contribution in [2.45, 2.75) is 0 Å². The highest BCUT2D eigenvalue weighted by molar-refractivity contribution is 5.97. The van der Waals surface area contributed by atoms with Crippen LogP contribution in [0.3, 0.4) is 0 Å². The number of phenols is 1. The monoisotopic (exact) mass is 653 g/mol. The van der Waals surface area contributed by atoms with E-state index in [0.29, 0.717) is 23.0 Å². The van der Waals surface area contributed by atoms with Gasteiger partial charge in [0, 0.05) is 22.3 Å². The SMILES string of the molecule is Oc1cccc(-c2nc(-c3ccc(-c4ccccc4)cc3)nc(-c3ccc4ccccc4c3)n2)c1-c1ccc(-c2cccc3ccccc23)cc1. The molecule has 9 rings (SSSR count). The topological polar surface area (TPSA) is 58.9 Å². The largest absolute Gasteiger partial charge is 0.507 e. The van der Waals surface area contributed by atoms with E-state index < -0.39 is 0 Å². The Balaban J connectivity index is 1.18. The first-order valence-electron chi connectivity index (χ1n) is 17.0. The standard InChI is InChI=1S/C47H31N3O/c51-43-19-9-18-42(44(43)36-25-23-35(24-26-36)41-17-8-15-34-13-6-7-16-40(34)41)47-49-45(37-27-20-33(21-28-37)31-10-2-1-3-11-31)48-46(50-47)39-29-22-32-12-4-5-14-38(32)30-39/h1-30,51H. The van der Waals surface area contributed by atoms with Gasteiger partial charge in [0.05, 0.1) is 0 Å². The van der Waals surface area contributed by atoms with Crippen molar-refractivity contribution in [1.29, 1.82) is 0 Å². The van der Waals surface area contributed by atoms with Gasteiger partial charge in [-0.25, -0.2) is 15.0 Å². The van der Waals surface area contributed by atoms with Crippen molar-refractivity contribution < 1.29 is 5.11 Å². The molecule has 0 radical (unpaired) electrons. The summed E-state index contributed by atoms with van der Waals surface area (Å²) in [4.78, 5) is 15.1. The summed E-state index contributed by atoms with van der Waals surface area (Å²) in [6, 6.07) is 61.8. The van der Waals surface area contributed by atoms with Crippen LogP contribution in [0.1, 0.15) is 0 Å². The minimum absolute atomic E-state index is 0.159. The van der Waals surface area contributed by atoms with Gasteiger partial charge in [0.1, 0.15) is 5.75 Å². The van der Waals surface area contributed by atoms with Crippen LogP contribution in [0.15, 0.2) is 182 Å². The molecule has 0 aliphatic rings. The van der Waals surface area contributed by atoms with Gasteiger partial charge < -0.3 is 5.11 Å². The van der Waals surface area contributed by atoms with E-state index in [1.165, 1.54) is 10.8 Å². The Hall–Kier alpha value is -6.91. The fourth-order valence-electron chi connectivity index (χ4n) is 6.85. The Morgan fingerprint density at radius 1 is 0.314 bits per heavy atom. The Labute approximate surface area is 296 Å². The maximum absolute atomic E-state index is 11.4. The van der Waals surface area contributed by atoms with E-state index in [4.69, 9.17) is 15.0 Å². The lowest BCUT2D eigenvalue weighted by molar-refractivity contribution is 0.477. The number of hydrogen-bond acceptors (Lipinski definition) is 4. The van der Waals surface area contributed by atoms with Gasteiger partial charge in [-0.15, -0.1) is 0 Å². The minimum atomic E-state index is 0.159. The Morgan fingerprint density at radius 2 is 0.843 bits per heavy atom. The van der Waals surface area contributed by atoms with Crippen LogP contribution in [0.5, 0.6) is 5.75 Å². The molecule has 0 atom stereocenters. The molecule has 0 saturated heterocycles. The molecule has 0 saturated carbocycles. The molecule has 0 fully saturated rings. The molecule has 4 heteroatoms.